The van der Waals surface area contributed by atoms with Crippen LogP contribution in [-0.2, 0) is 20.7 Å². The number of nitrogens with one attached hydrogen (secondary N) is 2. The summed E-state index contributed by atoms with van der Waals surface area (Å²) >= 11 is 0. The second-order valence-electron chi connectivity index (χ2n) is 7.23. The zero-order valence-electron chi connectivity index (χ0n) is 17.2. The molecule has 0 saturated heterocycles. The Morgan fingerprint density at radius 3 is 2.83 bits per heavy atom. The molecular weight excluding hydrogens is 388 g/mol. The van der Waals surface area contributed by atoms with E-state index < -0.39 is 24.5 Å². The smallest absolute Gasteiger partial charge is 0.321 e. The van der Waals surface area contributed by atoms with Crippen LogP contribution in [0, 0.1) is 13.8 Å². The number of aromatic nitrogens is 4. The first-order chi connectivity index (χ1) is 14.4. The van der Waals surface area contributed by atoms with Gasteiger partial charge in [0.25, 0.3) is 11.7 Å². The Labute approximate surface area is 174 Å². The molecule has 2 heterocycles. The van der Waals surface area contributed by atoms with E-state index in [0.717, 1.165) is 25.0 Å². The van der Waals surface area contributed by atoms with E-state index in [4.69, 9.17) is 4.74 Å². The molecule has 2 aromatic heterocycles. The number of hydrogen-bond donors (Lipinski definition) is 2. The van der Waals surface area contributed by atoms with Crippen LogP contribution in [0.2, 0.25) is 0 Å². The van der Waals surface area contributed by atoms with Crippen molar-refractivity contribution in [1.82, 2.24) is 30.2 Å². The number of esters is 1. The third-order valence-electron chi connectivity index (χ3n) is 5.04. The highest BCUT2D eigenvalue weighted by Gasteiger charge is 2.17. The molecule has 10 heteroatoms. The number of allylic oxidation sites excluding steroid dienone is 1. The van der Waals surface area contributed by atoms with Crippen LogP contribution in [0.1, 0.15) is 49.1 Å². The molecule has 1 aliphatic rings. The van der Waals surface area contributed by atoms with Crippen molar-refractivity contribution in [2.45, 2.75) is 52.4 Å². The summed E-state index contributed by atoms with van der Waals surface area (Å²) in [5.41, 5.74) is 3.37. The summed E-state index contributed by atoms with van der Waals surface area (Å²) in [5.74, 6) is -0.828. The SMILES string of the molecule is Cc1nc2ncnn2c(C)c1CC(=O)OCC(=O)NC(=O)NCCC1=CCCCC1. The van der Waals surface area contributed by atoms with Gasteiger partial charge in [0.05, 0.1) is 6.42 Å². The molecule has 10 nitrogen and oxygen atoms in total. The number of carbonyl (C=O) groups is 3. The summed E-state index contributed by atoms with van der Waals surface area (Å²) in [6.07, 6.45) is 8.88. The molecule has 0 unspecified atom stereocenters. The maximum atomic E-state index is 12.1. The largest absolute Gasteiger partial charge is 0.455 e. The number of aryl methyl sites for hydroxylation is 2. The van der Waals surface area contributed by atoms with E-state index in [1.54, 1.807) is 13.8 Å². The zero-order valence-corrected chi connectivity index (χ0v) is 17.2. The van der Waals surface area contributed by atoms with E-state index >= 15 is 0 Å². The van der Waals surface area contributed by atoms with Crippen LogP contribution in [0.15, 0.2) is 18.0 Å². The van der Waals surface area contributed by atoms with Crippen LogP contribution < -0.4 is 10.6 Å². The van der Waals surface area contributed by atoms with Gasteiger partial charge in [-0.05, 0) is 46.0 Å². The second-order valence-corrected chi connectivity index (χ2v) is 7.23. The fraction of sp³-hybridized carbons (Fsp3) is 0.500. The highest BCUT2D eigenvalue weighted by atomic mass is 16.5. The maximum Gasteiger partial charge on any atom is 0.321 e. The lowest BCUT2D eigenvalue weighted by Crippen LogP contribution is -2.41. The minimum atomic E-state index is -0.684. The summed E-state index contributed by atoms with van der Waals surface area (Å²) in [7, 11) is 0. The molecule has 2 aromatic rings. The molecule has 160 valence electrons. The average Bonchev–Trinajstić information content (AvgIpc) is 3.19. The minimum Gasteiger partial charge on any atom is -0.455 e. The lowest BCUT2D eigenvalue weighted by molar-refractivity contribution is -0.147. The highest BCUT2D eigenvalue weighted by molar-refractivity contribution is 5.95. The van der Waals surface area contributed by atoms with Crippen LogP contribution in [-0.4, -0.2) is 50.6 Å². The molecule has 3 rings (SSSR count). The summed E-state index contributed by atoms with van der Waals surface area (Å²) in [4.78, 5) is 44.1. The van der Waals surface area contributed by atoms with Crippen molar-refractivity contribution in [3.63, 3.8) is 0 Å². The normalized spacial score (nSPS) is 13.6. The first kappa shape index (κ1) is 21.4. The predicted molar refractivity (Wildman–Crippen MR) is 108 cm³/mol. The van der Waals surface area contributed by atoms with Gasteiger partial charge in [-0.15, -0.1) is 0 Å². The van der Waals surface area contributed by atoms with E-state index in [9.17, 15) is 14.4 Å². The summed E-state index contributed by atoms with van der Waals surface area (Å²) in [6.45, 7) is 3.50. The van der Waals surface area contributed by atoms with E-state index in [0.29, 0.717) is 23.6 Å². The standard InChI is InChI=1S/C20H26N6O4/c1-13-16(14(2)26-19(24-13)22-12-23-26)10-18(28)30-11-17(27)25-20(29)21-9-8-15-6-4-3-5-7-15/h6,12H,3-5,7-11H2,1-2H3,(H2,21,25,27,29). The van der Waals surface area contributed by atoms with Gasteiger partial charge in [0.1, 0.15) is 6.33 Å². The Bertz CT molecular complexity index is 981. The molecule has 0 atom stereocenters. The fourth-order valence-electron chi connectivity index (χ4n) is 3.43. The van der Waals surface area contributed by atoms with Gasteiger partial charge in [-0.25, -0.2) is 14.3 Å². The van der Waals surface area contributed by atoms with E-state index in [1.807, 2.05) is 0 Å². The maximum absolute atomic E-state index is 12.1. The summed E-state index contributed by atoms with van der Waals surface area (Å²) in [5, 5.41) is 8.87. The summed E-state index contributed by atoms with van der Waals surface area (Å²) < 4.78 is 6.54. The summed E-state index contributed by atoms with van der Waals surface area (Å²) in [6, 6.07) is -0.597. The first-order valence-electron chi connectivity index (χ1n) is 10.0. The number of carbonyl (C=O) groups excluding carboxylic acids is 3. The van der Waals surface area contributed by atoms with Crippen molar-refractivity contribution < 1.29 is 19.1 Å². The molecule has 0 spiro atoms. The number of hydrogen-bond acceptors (Lipinski definition) is 7. The number of amides is 3. The van der Waals surface area contributed by atoms with Crippen molar-refractivity contribution in [3.8, 4) is 0 Å². The lowest BCUT2D eigenvalue weighted by atomic mass is 9.97. The van der Waals surface area contributed by atoms with E-state index in [-0.39, 0.29) is 6.42 Å². The molecule has 2 N–H and O–H groups in total. The molecule has 0 aromatic carbocycles. The Morgan fingerprint density at radius 1 is 1.23 bits per heavy atom. The van der Waals surface area contributed by atoms with Gasteiger partial charge in [0.15, 0.2) is 6.61 Å². The lowest BCUT2D eigenvalue weighted by Gasteiger charge is -2.13. The Hall–Kier alpha value is -3.30. The zero-order chi connectivity index (χ0) is 21.5. The van der Waals surface area contributed by atoms with Crippen molar-refractivity contribution in [3.05, 3.63) is 34.9 Å². The second kappa shape index (κ2) is 9.95. The fourth-order valence-corrected chi connectivity index (χ4v) is 3.43. The molecule has 0 aliphatic heterocycles. The topological polar surface area (TPSA) is 128 Å². The highest BCUT2D eigenvalue weighted by Crippen LogP contribution is 2.19. The molecule has 0 radical (unpaired) electrons. The molecule has 0 bridgehead atoms. The van der Waals surface area contributed by atoms with Crippen LogP contribution >= 0.6 is 0 Å². The monoisotopic (exact) mass is 414 g/mol. The van der Waals surface area contributed by atoms with Crippen molar-refractivity contribution in [1.29, 1.82) is 0 Å². The molecule has 0 saturated carbocycles. The number of urea groups is 1. The van der Waals surface area contributed by atoms with Crippen LogP contribution in [0.25, 0.3) is 5.78 Å². The quantitative estimate of drug-likeness (QED) is 0.519. The number of fused-ring (bicyclic) bond motifs is 1. The van der Waals surface area contributed by atoms with Gasteiger partial charge in [-0.2, -0.15) is 10.1 Å². The molecular formula is C20H26N6O4. The molecule has 3 amide bonds. The Kier molecular flexibility index (Phi) is 7.10. The van der Waals surface area contributed by atoms with Crippen LogP contribution in [0.4, 0.5) is 4.79 Å². The molecule has 1 aliphatic carbocycles. The van der Waals surface area contributed by atoms with E-state index in [1.165, 1.54) is 29.3 Å². The Balaban J connectivity index is 1.40. The van der Waals surface area contributed by atoms with Gasteiger partial charge in [0, 0.05) is 23.5 Å². The first-order valence-corrected chi connectivity index (χ1v) is 10.0. The van der Waals surface area contributed by atoms with Gasteiger partial charge < -0.3 is 10.1 Å². The number of imide groups is 1. The van der Waals surface area contributed by atoms with Gasteiger partial charge in [-0.1, -0.05) is 11.6 Å². The Morgan fingerprint density at radius 2 is 2.07 bits per heavy atom. The average molecular weight is 414 g/mol. The van der Waals surface area contributed by atoms with Crippen molar-refractivity contribution in [2.75, 3.05) is 13.2 Å². The van der Waals surface area contributed by atoms with Gasteiger partial charge in [-0.3, -0.25) is 14.9 Å². The molecule has 0 fully saturated rings. The van der Waals surface area contributed by atoms with E-state index in [2.05, 4.69) is 31.8 Å². The van der Waals surface area contributed by atoms with Crippen LogP contribution in [0.5, 0.6) is 0 Å². The number of rotatable bonds is 7. The van der Waals surface area contributed by atoms with Crippen molar-refractivity contribution >= 4 is 23.7 Å². The van der Waals surface area contributed by atoms with Gasteiger partial charge >= 0.3 is 12.0 Å². The van der Waals surface area contributed by atoms with Gasteiger partial charge in [0.2, 0.25) is 0 Å². The predicted octanol–water partition coefficient (Wildman–Crippen LogP) is 1.54. The van der Waals surface area contributed by atoms with Crippen LogP contribution in [0.3, 0.4) is 0 Å². The van der Waals surface area contributed by atoms with Crippen molar-refractivity contribution in [2.24, 2.45) is 0 Å². The number of nitrogens with zero attached hydrogens (tertiary/aromatic N) is 4. The minimum absolute atomic E-state index is 0.0605. The third-order valence-corrected chi connectivity index (χ3v) is 5.04. The third kappa shape index (κ3) is 5.62. The molecule has 30 heavy (non-hydrogen) atoms. The number of ether oxygens (including phenoxy) is 1.